The van der Waals surface area contributed by atoms with E-state index >= 15 is 4.79 Å². The first kappa shape index (κ1) is 82.2. The van der Waals surface area contributed by atoms with E-state index in [2.05, 4.69) is 68.7 Å². The number of phenolic OH excluding ortho intramolecular Hbond substituents is 2. The van der Waals surface area contributed by atoms with Gasteiger partial charge in [-0.15, -0.1) is 0 Å². The molecule has 2 fully saturated rings. The molecule has 0 aliphatic carbocycles. The highest BCUT2D eigenvalue weighted by Crippen LogP contribution is 2.25. The number of carboxylic acid groups (broad SMARTS) is 1. The third-order valence-corrected chi connectivity index (χ3v) is 19.2. The number of aromatic hydroxyl groups is 2. The van der Waals surface area contributed by atoms with Crippen LogP contribution in [0.15, 0.2) is 72.8 Å². The Labute approximate surface area is 605 Å². The molecular weight excluding hydrogens is 1390 g/mol. The summed E-state index contributed by atoms with van der Waals surface area (Å²) in [5, 5.41) is 73.9. The molecule has 3 aromatic carbocycles. The fourth-order valence-electron chi connectivity index (χ4n) is 11.2. The minimum absolute atomic E-state index is 0.00468. The number of nitrogens with one attached hydrogen (secondary N) is 13. The highest BCUT2D eigenvalue weighted by Gasteiger charge is 2.39. The Kier molecular flexibility index (Phi) is 32.2. The van der Waals surface area contributed by atoms with Crippen LogP contribution in [0.4, 0.5) is 0 Å². The first-order chi connectivity index (χ1) is 49.5. The van der Waals surface area contributed by atoms with E-state index in [4.69, 9.17) is 28.3 Å². The molecule has 0 radical (unpaired) electrons. The summed E-state index contributed by atoms with van der Waals surface area (Å²) in [5.41, 5.74) is 24.1. The Morgan fingerprint density at radius 1 is 0.673 bits per heavy atom. The molecule has 2 aliphatic heterocycles. The number of amides is 13. The Morgan fingerprint density at radius 3 is 1.89 bits per heavy atom. The number of aromatic amines is 1. The predicted molar refractivity (Wildman–Crippen MR) is 380 cm³/mol. The third-order valence-electron chi connectivity index (χ3n) is 16.8. The van der Waals surface area contributed by atoms with Gasteiger partial charge in [-0.2, -0.15) is 5.10 Å². The molecule has 2 aliphatic rings. The highest BCUT2D eigenvalue weighted by atomic mass is 33.1. The minimum atomic E-state index is -1.77. The normalized spacial score (nSPS) is 22.2. The van der Waals surface area contributed by atoms with E-state index in [1.54, 1.807) is 38.1 Å². The van der Waals surface area contributed by atoms with Crippen LogP contribution in [-0.2, 0) is 86.4 Å². The van der Waals surface area contributed by atoms with Crippen molar-refractivity contribution in [1.29, 1.82) is 5.41 Å². The molecule has 0 spiro atoms. The first-order valence-corrected chi connectivity index (χ1v) is 36.1. The van der Waals surface area contributed by atoms with E-state index in [0.717, 1.165) is 21.6 Å². The van der Waals surface area contributed by atoms with Gasteiger partial charge < -0.3 is 102 Å². The van der Waals surface area contributed by atoms with Crippen LogP contribution in [-0.4, -0.2) is 217 Å². The molecule has 3 heterocycles. The van der Waals surface area contributed by atoms with Crippen LogP contribution in [0.25, 0.3) is 10.9 Å². The minimum Gasteiger partial charge on any atom is -0.508 e. The van der Waals surface area contributed by atoms with Gasteiger partial charge in [0, 0.05) is 88.0 Å². The second-order valence-corrected chi connectivity index (χ2v) is 27.7. The molecule has 0 saturated carbocycles. The zero-order chi connectivity index (χ0) is 76.2. The molecule has 38 heteroatoms. The van der Waals surface area contributed by atoms with E-state index < -0.39 is 212 Å². The van der Waals surface area contributed by atoms with Crippen molar-refractivity contribution in [3.8, 4) is 11.5 Å². The van der Waals surface area contributed by atoms with Crippen LogP contribution in [0.2, 0.25) is 0 Å². The van der Waals surface area contributed by atoms with E-state index in [1.807, 2.05) is 0 Å². The van der Waals surface area contributed by atoms with E-state index in [9.17, 15) is 77.6 Å². The Balaban J connectivity index is 1.41. The molecule has 564 valence electrons. The van der Waals surface area contributed by atoms with Crippen LogP contribution in [0.5, 0.6) is 11.5 Å². The molecule has 0 unspecified atom stereocenters. The van der Waals surface area contributed by atoms with Crippen molar-refractivity contribution in [2.24, 2.45) is 28.9 Å². The molecule has 4 aromatic rings. The van der Waals surface area contributed by atoms with Crippen molar-refractivity contribution in [2.45, 2.75) is 158 Å². The van der Waals surface area contributed by atoms with Gasteiger partial charge in [0.2, 0.25) is 76.8 Å². The maximum absolute atomic E-state index is 15.0. The lowest BCUT2D eigenvalue weighted by Gasteiger charge is -2.29. The number of hydrogen-bond acceptors (Lipinski definition) is 21. The molecule has 13 amide bonds. The lowest BCUT2D eigenvalue weighted by Crippen LogP contribution is -2.61. The number of fused-ring (bicyclic) bond motifs is 1. The van der Waals surface area contributed by atoms with Crippen LogP contribution in [0.3, 0.4) is 0 Å². The predicted octanol–water partition coefficient (Wildman–Crippen LogP) is -3.86. The number of nitrogens with two attached hydrogens (primary N) is 4. The number of para-hydroxylation sites is 1. The molecular formula is C66H91N19O17S2. The largest absolute Gasteiger partial charge is 0.508 e. The number of benzene rings is 3. The maximum Gasteiger partial charge on any atom is 0.303 e. The van der Waals surface area contributed by atoms with Crippen LogP contribution >= 0.6 is 21.6 Å². The molecule has 36 nitrogen and oxygen atoms in total. The Bertz CT molecular complexity index is 3730. The summed E-state index contributed by atoms with van der Waals surface area (Å²) in [6.45, 7) is 2.93. The lowest BCUT2D eigenvalue weighted by atomic mass is 10.00. The van der Waals surface area contributed by atoms with Gasteiger partial charge in [-0.3, -0.25) is 77.6 Å². The van der Waals surface area contributed by atoms with Crippen molar-refractivity contribution < 1.29 is 82.4 Å². The van der Waals surface area contributed by atoms with Gasteiger partial charge >= 0.3 is 5.97 Å². The number of carbonyl (C=O) groups excluding carboxylic acids is 13. The zero-order valence-corrected chi connectivity index (χ0v) is 58.9. The summed E-state index contributed by atoms with van der Waals surface area (Å²) in [6.07, 6.45) is -3.15. The molecule has 1 aromatic heterocycles. The maximum atomic E-state index is 15.0. The average Bonchev–Trinajstić information content (AvgIpc) is 1.66. The van der Waals surface area contributed by atoms with Crippen molar-refractivity contribution in [3.05, 3.63) is 89.6 Å². The van der Waals surface area contributed by atoms with E-state index in [1.165, 1.54) is 53.4 Å². The Morgan fingerprint density at radius 2 is 1.26 bits per heavy atom. The second-order valence-electron chi connectivity index (χ2n) is 25.2. The van der Waals surface area contributed by atoms with E-state index in [0.29, 0.717) is 28.5 Å². The second kappa shape index (κ2) is 40.8. The summed E-state index contributed by atoms with van der Waals surface area (Å²) >= 11 is 0. The van der Waals surface area contributed by atoms with Gasteiger partial charge in [0.1, 0.15) is 71.9 Å². The van der Waals surface area contributed by atoms with Crippen molar-refractivity contribution >= 4 is 121 Å². The SMILES string of the molecule is CC(C)[C@@H]1NC(=O)[C@@H](NC(=O)[C@H](Cc2ccc(O)cc2)NC(=O)[C@@H]2CCCN2C(=O)CCN)CSSC[C@H](C(N)=O)NC(=O)[C@H](CCC(=O)O)NC(=O)[C@H](Cc2n[nH]c3ccccc23)NC(=O)[C@H](CCC(N)=O)NC(=O)CCNC(=O)[C@H](CCCNC(=N)N)NC(=O)[C@H](Cc2ccc(O)cc2)NC1=O. The first-order valence-electron chi connectivity index (χ1n) is 33.6. The topological polar surface area (TPSA) is 592 Å². The molecule has 24 N–H and O–H groups in total. The fraction of sp³-hybridized carbons (Fsp3) is 0.485. The fourth-order valence-corrected chi connectivity index (χ4v) is 13.5. The van der Waals surface area contributed by atoms with Gasteiger partial charge in [0.15, 0.2) is 5.96 Å². The molecule has 6 rings (SSSR count). The number of rotatable bonds is 24. The zero-order valence-electron chi connectivity index (χ0n) is 57.3. The number of phenols is 2. The van der Waals surface area contributed by atoms with Gasteiger partial charge in [0.05, 0.1) is 11.2 Å². The van der Waals surface area contributed by atoms with E-state index in [-0.39, 0.29) is 75.4 Å². The number of carbonyl (C=O) groups is 14. The smallest absolute Gasteiger partial charge is 0.303 e. The van der Waals surface area contributed by atoms with Gasteiger partial charge in [-0.1, -0.05) is 77.9 Å². The number of carboxylic acids is 1. The quantitative estimate of drug-likeness (QED) is 0.0138. The monoisotopic (exact) mass is 1490 g/mol. The summed E-state index contributed by atoms with van der Waals surface area (Å²) in [4.78, 5) is 197. The summed E-state index contributed by atoms with van der Waals surface area (Å²) in [5.74, 6) is -15.7. The van der Waals surface area contributed by atoms with Crippen molar-refractivity contribution in [1.82, 2.24) is 73.6 Å². The van der Waals surface area contributed by atoms with Crippen molar-refractivity contribution in [2.75, 3.05) is 37.7 Å². The highest BCUT2D eigenvalue weighted by molar-refractivity contribution is 8.76. The van der Waals surface area contributed by atoms with Crippen LogP contribution in [0, 0.1) is 11.3 Å². The van der Waals surface area contributed by atoms with Gasteiger partial charge in [-0.25, -0.2) is 0 Å². The number of nitrogens with zero attached hydrogens (tertiary/aromatic N) is 2. The number of hydrogen-bond donors (Lipinski definition) is 20. The number of primary amides is 2. The number of aromatic nitrogens is 2. The number of likely N-dealkylation sites (tertiary alicyclic amines) is 1. The van der Waals surface area contributed by atoms with Crippen LogP contribution < -0.4 is 81.4 Å². The van der Waals surface area contributed by atoms with Gasteiger partial charge in [0.25, 0.3) is 0 Å². The molecule has 10 atom stereocenters. The molecule has 0 bridgehead atoms. The summed E-state index contributed by atoms with van der Waals surface area (Å²) in [7, 11) is 1.68. The van der Waals surface area contributed by atoms with Crippen LogP contribution in [0.1, 0.15) is 94.9 Å². The number of H-pyrrole nitrogens is 1. The Hall–Kier alpha value is -10.8. The summed E-state index contributed by atoms with van der Waals surface area (Å²) in [6, 6.07) is 2.56. The molecule has 2 saturated heterocycles. The standard InChI is InChI=1S/C66H91N19O17S2/c1-34(2)55-65(102)79-46(30-36-13-17-38(87)18-14-36)60(97)75-41(9-5-26-73-66(70)71)57(94)72-27-24-52(89)74-42(19-21-51(68)88)58(95)77-47(31-44-39-7-3-4-8-40(39)83-84-44)62(99)76-43(20-22-54(91)92)59(96)80-48(56(69)93)32-103-104-33-49(63(100)82-55)81-61(98)45(29-35-11-15-37(86)16-12-35)78-64(101)50-10-6-28-85(50)53(90)23-25-67/h3-4,7-8,11-18,34,41-43,45-50,55,86-87H,5-6,9-10,19-33,67H2,1-2H3,(H2,68,88)(H2,69,93)(H,72,94)(H,74,89)(H,75,97)(H,76,99)(H,77,95)(H,78,101)(H,79,102)(H,80,96)(H,81,98)(H,82,100)(H,83,84)(H,91,92)(H4,70,71,73)/t41-,42-,43-,45-,46-,47-,48+,49-,50-,55-/m0/s1. The van der Waals surface area contributed by atoms with Gasteiger partial charge in [-0.05, 0) is 85.9 Å². The lowest BCUT2D eigenvalue weighted by molar-refractivity contribution is -0.139. The van der Waals surface area contributed by atoms with Crippen molar-refractivity contribution in [3.63, 3.8) is 0 Å². The average molecular weight is 1490 g/mol. The molecule has 104 heavy (non-hydrogen) atoms. The number of guanidine groups is 1. The number of aliphatic carboxylic acids is 1. The third kappa shape index (κ3) is 26.2. The summed E-state index contributed by atoms with van der Waals surface area (Å²) < 4.78 is 0.